The fourth-order valence-electron chi connectivity index (χ4n) is 1.63. The molecule has 9 heteroatoms. The molecule has 1 atom stereocenters. The van der Waals surface area contributed by atoms with Gasteiger partial charge in [0.25, 0.3) is 0 Å². The molecule has 1 saturated heterocycles. The summed E-state index contributed by atoms with van der Waals surface area (Å²) in [6.45, 7) is 0. The number of nitrogens with one attached hydrogen (secondary N) is 2. The summed E-state index contributed by atoms with van der Waals surface area (Å²) in [4.78, 5) is 36.3. The Bertz CT molecular complexity index is 517. The number of hydrogen-bond donors (Lipinski definition) is 3. The molecule has 9 nitrogen and oxygen atoms in total. The number of nitrogens with two attached hydrogens (primary N) is 1. The van der Waals surface area contributed by atoms with Crippen molar-refractivity contribution in [3.05, 3.63) is 0 Å². The second-order valence-corrected chi connectivity index (χ2v) is 4.36. The number of imide groups is 1. The van der Waals surface area contributed by atoms with Crippen molar-refractivity contribution in [2.45, 2.75) is 18.9 Å². The van der Waals surface area contributed by atoms with Crippen LogP contribution in [0.15, 0.2) is 0 Å². The van der Waals surface area contributed by atoms with Crippen LogP contribution in [-0.4, -0.2) is 46.9 Å². The molecule has 2 amide bonds. The Balaban J connectivity index is 2.14. The van der Waals surface area contributed by atoms with E-state index >= 15 is 0 Å². The Morgan fingerprint density at radius 2 is 2.05 bits per heavy atom. The van der Waals surface area contributed by atoms with Gasteiger partial charge in [0, 0.05) is 20.5 Å². The fourth-order valence-corrected chi connectivity index (χ4v) is 1.63. The van der Waals surface area contributed by atoms with Crippen molar-refractivity contribution in [2.75, 3.05) is 30.0 Å². The molecule has 0 spiro atoms. The summed E-state index contributed by atoms with van der Waals surface area (Å²) in [5.74, 6) is 0.00955. The lowest BCUT2D eigenvalue weighted by atomic mass is 10.1. The summed E-state index contributed by atoms with van der Waals surface area (Å²) in [6, 6.07) is -0.547. The van der Waals surface area contributed by atoms with E-state index in [0.29, 0.717) is 12.4 Å². The van der Waals surface area contributed by atoms with Crippen LogP contribution in [0.4, 0.5) is 17.8 Å². The van der Waals surface area contributed by atoms with Gasteiger partial charge >= 0.3 is 0 Å². The van der Waals surface area contributed by atoms with Gasteiger partial charge in [0.2, 0.25) is 29.7 Å². The molecule has 0 aromatic carbocycles. The second kappa shape index (κ2) is 5.04. The van der Waals surface area contributed by atoms with Gasteiger partial charge in [0.15, 0.2) is 0 Å². The van der Waals surface area contributed by atoms with Gasteiger partial charge in [-0.2, -0.15) is 15.0 Å². The number of carbonyl (C=O) groups is 2. The molecule has 1 fully saturated rings. The minimum atomic E-state index is -0.547. The minimum Gasteiger partial charge on any atom is -0.368 e. The largest absolute Gasteiger partial charge is 0.368 e. The molecule has 1 unspecified atom stereocenters. The van der Waals surface area contributed by atoms with E-state index in [9.17, 15) is 9.59 Å². The minimum absolute atomic E-state index is 0.0634. The molecule has 1 aliphatic rings. The van der Waals surface area contributed by atoms with Crippen molar-refractivity contribution in [3.63, 3.8) is 0 Å². The second-order valence-electron chi connectivity index (χ2n) is 4.36. The van der Waals surface area contributed by atoms with Crippen LogP contribution in [0.1, 0.15) is 12.8 Å². The number of anilines is 3. The molecule has 2 heterocycles. The quantitative estimate of drug-likeness (QED) is 0.578. The summed E-state index contributed by atoms with van der Waals surface area (Å²) in [5.41, 5.74) is 5.58. The summed E-state index contributed by atoms with van der Waals surface area (Å²) in [5, 5.41) is 5.10. The predicted octanol–water partition coefficient (Wildman–Crippen LogP) is -1.26. The first kappa shape index (κ1) is 13.0. The third-order valence-corrected chi connectivity index (χ3v) is 2.58. The van der Waals surface area contributed by atoms with Gasteiger partial charge in [-0.1, -0.05) is 0 Å². The number of aromatic nitrogens is 3. The van der Waals surface area contributed by atoms with Gasteiger partial charge in [-0.3, -0.25) is 14.9 Å². The van der Waals surface area contributed by atoms with Crippen LogP contribution in [0.5, 0.6) is 0 Å². The number of hydrogen-bond acceptors (Lipinski definition) is 8. The molecule has 1 aromatic rings. The van der Waals surface area contributed by atoms with E-state index in [1.807, 2.05) is 0 Å². The third-order valence-electron chi connectivity index (χ3n) is 2.58. The van der Waals surface area contributed by atoms with Crippen molar-refractivity contribution in [1.29, 1.82) is 0 Å². The molecule has 0 radical (unpaired) electrons. The maximum Gasteiger partial charge on any atom is 0.249 e. The number of piperidine rings is 1. The highest BCUT2D eigenvalue weighted by molar-refractivity contribution is 6.01. The number of rotatable bonds is 3. The van der Waals surface area contributed by atoms with Crippen LogP contribution in [0.3, 0.4) is 0 Å². The van der Waals surface area contributed by atoms with Crippen LogP contribution in [-0.2, 0) is 9.59 Å². The monoisotopic (exact) mass is 265 g/mol. The summed E-state index contributed by atoms with van der Waals surface area (Å²) in [7, 11) is 3.54. The van der Waals surface area contributed by atoms with Crippen molar-refractivity contribution < 1.29 is 9.59 Å². The van der Waals surface area contributed by atoms with E-state index in [4.69, 9.17) is 5.73 Å². The maximum absolute atomic E-state index is 11.6. The molecular weight excluding hydrogens is 250 g/mol. The van der Waals surface area contributed by atoms with Crippen molar-refractivity contribution >= 4 is 29.7 Å². The van der Waals surface area contributed by atoms with Crippen molar-refractivity contribution in [3.8, 4) is 0 Å². The standard InChI is InChI=1S/C10H15N7O2/c1-17(2)10-15-8(11)14-9(16-10)12-5-3-4-6(18)13-7(5)19/h5H,3-4H2,1-2H3,(H,13,18,19)(H3,11,12,14,15,16). The van der Waals surface area contributed by atoms with Gasteiger partial charge in [-0.05, 0) is 6.42 Å². The molecule has 19 heavy (non-hydrogen) atoms. The molecule has 102 valence electrons. The lowest BCUT2D eigenvalue weighted by molar-refractivity contribution is -0.133. The van der Waals surface area contributed by atoms with Crippen molar-refractivity contribution in [1.82, 2.24) is 20.3 Å². The van der Waals surface area contributed by atoms with Gasteiger partial charge in [0.1, 0.15) is 6.04 Å². The molecule has 0 aliphatic carbocycles. The van der Waals surface area contributed by atoms with E-state index in [1.54, 1.807) is 19.0 Å². The summed E-state index contributed by atoms with van der Waals surface area (Å²) < 4.78 is 0. The van der Waals surface area contributed by atoms with E-state index < -0.39 is 6.04 Å². The molecule has 0 saturated carbocycles. The lowest BCUT2D eigenvalue weighted by Gasteiger charge is -2.22. The summed E-state index contributed by atoms with van der Waals surface area (Å²) >= 11 is 0. The Morgan fingerprint density at radius 1 is 1.32 bits per heavy atom. The van der Waals surface area contributed by atoms with Gasteiger partial charge < -0.3 is 16.0 Å². The van der Waals surface area contributed by atoms with E-state index in [2.05, 4.69) is 25.6 Å². The molecular formula is C10H15N7O2. The Hall–Kier alpha value is -2.45. The van der Waals surface area contributed by atoms with Crippen LogP contribution in [0.25, 0.3) is 0 Å². The van der Waals surface area contributed by atoms with Crippen LogP contribution in [0.2, 0.25) is 0 Å². The zero-order valence-electron chi connectivity index (χ0n) is 10.7. The average molecular weight is 265 g/mol. The lowest BCUT2D eigenvalue weighted by Crippen LogP contribution is -2.47. The van der Waals surface area contributed by atoms with Crippen LogP contribution in [0, 0.1) is 0 Å². The molecule has 4 N–H and O–H groups in total. The maximum atomic E-state index is 11.6. The molecule has 1 aliphatic heterocycles. The zero-order chi connectivity index (χ0) is 14.0. The molecule has 2 rings (SSSR count). The number of amides is 2. The van der Waals surface area contributed by atoms with E-state index in [-0.39, 0.29) is 30.1 Å². The first-order valence-electron chi connectivity index (χ1n) is 5.75. The SMILES string of the molecule is CN(C)c1nc(N)nc(NC2CCC(=O)NC2=O)n1. The van der Waals surface area contributed by atoms with Gasteiger partial charge in [-0.15, -0.1) is 0 Å². The zero-order valence-corrected chi connectivity index (χ0v) is 10.7. The Labute approximate surface area is 109 Å². The molecule has 1 aromatic heterocycles. The highest BCUT2D eigenvalue weighted by atomic mass is 16.2. The predicted molar refractivity (Wildman–Crippen MR) is 68.4 cm³/mol. The van der Waals surface area contributed by atoms with Gasteiger partial charge in [-0.25, -0.2) is 0 Å². The van der Waals surface area contributed by atoms with Crippen LogP contribution >= 0.6 is 0 Å². The Morgan fingerprint density at radius 3 is 2.68 bits per heavy atom. The summed E-state index contributed by atoms with van der Waals surface area (Å²) in [6.07, 6.45) is 0.679. The number of carbonyl (C=O) groups excluding carboxylic acids is 2. The van der Waals surface area contributed by atoms with E-state index in [1.165, 1.54) is 0 Å². The first-order chi connectivity index (χ1) is 8.95. The fraction of sp³-hybridized carbons (Fsp3) is 0.500. The van der Waals surface area contributed by atoms with Crippen molar-refractivity contribution in [2.24, 2.45) is 0 Å². The Kier molecular flexibility index (Phi) is 3.45. The normalized spacial score (nSPS) is 18.9. The highest BCUT2D eigenvalue weighted by Crippen LogP contribution is 2.13. The highest BCUT2D eigenvalue weighted by Gasteiger charge is 2.27. The third kappa shape index (κ3) is 3.06. The number of nitrogen functional groups attached to an aromatic ring is 1. The van der Waals surface area contributed by atoms with Gasteiger partial charge in [0.05, 0.1) is 0 Å². The average Bonchev–Trinajstić information content (AvgIpc) is 2.32. The first-order valence-corrected chi connectivity index (χ1v) is 5.75. The topological polar surface area (TPSA) is 126 Å². The number of nitrogens with zero attached hydrogens (tertiary/aromatic N) is 4. The van der Waals surface area contributed by atoms with Crippen LogP contribution < -0.4 is 21.3 Å². The smallest absolute Gasteiger partial charge is 0.249 e. The molecule has 0 bridgehead atoms. The van der Waals surface area contributed by atoms with E-state index in [0.717, 1.165) is 0 Å².